The lowest BCUT2D eigenvalue weighted by molar-refractivity contribution is 1.04. The first-order valence-corrected chi connectivity index (χ1v) is 23.0. The summed E-state index contributed by atoms with van der Waals surface area (Å²) in [5, 5.41) is 2.43. The number of benzene rings is 9. The van der Waals surface area contributed by atoms with E-state index in [1.165, 1.54) is 21.9 Å². The molecule has 0 saturated heterocycles. The fourth-order valence-corrected chi connectivity index (χ4v) is 9.55. The minimum absolute atomic E-state index is 0.598. The Hall–Kier alpha value is -8.73. The molecular weight excluding hydrogens is 813 g/mol. The molecule has 2 aromatic heterocycles. The highest BCUT2D eigenvalue weighted by Gasteiger charge is 2.23. The molecule has 0 bridgehead atoms. The lowest BCUT2D eigenvalue weighted by Crippen LogP contribution is -2.04. The summed E-state index contributed by atoms with van der Waals surface area (Å²) >= 11 is 0. The minimum atomic E-state index is 0.598. The smallest absolute Gasteiger partial charge is 0.164 e. The lowest BCUT2D eigenvalue weighted by atomic mass is 9.92. The van der Waals surface area contributed by atoms with Crippen molar-refractivity contribution < 1.29 is 0 Å². The van der Waals surface area contributed by atoms with Crippen LogP contribution in [-0.2, 0) is 0 Å². The van der Waals surface area contributed by atoms with Crippen molar-refractivity contribution in [2.75, 3.05) is 0 Å². The maximum Gasteiger partial charge on any atom is 0.164 e. The van der Waals surface area contributed by atoms with Gasteiger partial charge in [0.15, 0.2) is 17.5 Å². The Morgan fingerprint density at radius 2 is 0.731 bits per heavy atom. The van der Waals surface area contributed by atoms with Crippen LogP contribution in [0.4, 0.5) is 0 Å². The van der Waals surface area contributed by atoms with E-state index < -0.39 is 0 Å². The molecule has 0 saturated carbocycles. The monoisotopic (exact) mass is 856 g/mol. The molecular formula is C63H44N4. The highest BCUT2D eigenvalue weighted by molar-refractivity contribution is 6.11. The third-order valence-corrected chi connectivity index (χ3v) is 12.9. The van der Waals surface area contributed by atoms with Crippen LogP contribution in [0.5, 0.6) is 0 Å². The molecule has 0 radical (unpaired) electrons. The van der Waals surface area contributed by atoms with Crippen LogP contribution < -0.4 is 0 Å². The number of hydrogen-bond acceptors (Lipinski definition) is 3. The van der Waals surface area contributed by atoms with Crippen molar-refractivity contribution in [1.82, 2.24) is 19.5 Å². The molecule has 12 rings (SSSR count). The second-order valence-corrected chi connectivity index (χ2v) is 17.1. The fraction of sp³-hybridized carbons (Fsp3) is 0.0317. The third kappa shape index (κ3) is 7.65. The molecule has 0 fully saturated rings. The lowest BCUT2D eigenvalue weighted by Gasteiger charge is -2.21. The second-order valence-electron chi connectivity index (χ2n) is 17.1. The maximum atomic E-state index is 5.34. The molecule has 0 spiro atoms. The van der Waals surface area contributed by atoms with Gasteiger partial charge in [-0.1, -0.05) is 212 Å². The number of allylic oxidation sites excluding steroid dienone is 4. The van der Waals surface area contributed by atoms with Crippen molar-refractivity contribution in [3.63, 3.8) is 0 Å². The van der Waals surface area contributed by atoms with Gasteiger partial charge in [-0.15, -0.1) is 0 Å². The van der Waals surface area contributed by atoms with Crippen LogP contribution in [0.2, 0.25) is 0 Å². The van der Waals surface area contributed by atoms with Crippen molar-refractivity contribution in [3.8, 4) is 84.4 Å². The van der Waals surface area contributed by atoms with Gasteiger partial charge in [-0.25, -0.2) is 15.0 Å². The van der Waals surface area contributed by atoms with E-state index in [2.05, 4.69) is 235 Å². The molecule has 316 valence electrons. The summed E-state index contributed by atoms with van der Waals surface area (Å²) in [6, 6.07) is 79.8. The van der Waals surface area contributed by atoms with Crippen molar-refractivity contribution in [3.05, 3.63) is 248 Å². The van der Waals surface area contributed by atoms with Gasteiger partial charge in [0.25, 0.3) is 0 Å². The highest BCUT2D eigenvalue weighted by Crippen LogP contribution is 2.44. The number of rotatable bonds is 9. The van der Waals surface area contributed by atoms with E-state index in [4.69, 9.17) is 15.0 Å². The van der Waals surface area contributed by atoms with Crippen molar-refractivity contribution >= 4 is 27.4 Å². The van der Waals surface area contributed by atoms with E-state index in [9.17, 15) is 0 Å². The number of aromatic nitrogens is 4. The molecule has 1 aliphatic rings. The summed E-state index contributed by atoms with van der Waals surface area (Å²) in [5.41, 5.74) is 17.6. The first-order chi connectivity index (χ1) is 33.2. The molecule has 0 aliphatic heterocycles. The Balaban J connectivity index is 1.10. The van der Waals surface area contributed by atoms with Crippen LogP contribution in [0.3, 0.4) is 0 Å². The Labute approximate surface area is 390 Å². The van der Waals surface area contributed by atoms with Crippen LogP contribution in [0, 0.1) is 0 Å². The zero-order valence-electron chi connectivity index (χ0n) is 36.8. The first-order valence-electron chi connectivity index (χ1n) is 23.0. The zero-order valence-corrected chi connectivity index (χ0v) is 36.8. The van der Waals surface area contributed by atoms with E-state index in [-0.39, 0.29) is 0 Å². The summed E-state index contributed by atoms with van der Waals surface area (Å²) < 4.78 is 2.47. The van der Waals surface area contributed by atoms with Crippen molar-refractivity contribution in [1.29, 1.82) is 0 Å². The normalized spacial score (nSPS) is 12.4. The predicted octanol–water partition coefficient (Wildman–Crippen LogP) is 16.4. The van der Waals surface area contributed by atoms with E-state index >= 15 is 0 Å². The molecule has 11 aromatic rings. The Morgan fingerprint density at radius 1 is 0.313 bits per heavy atom. The molecule has 9 aromatic carbocycles. The van der Waals surface area contributed by atoms with Gasteiger partial charge in [-0.3, -0.25) is 0 Å². The van der Waals surface area contributed by atoms with E-state index in [0.717, 1.165) is 90.8 Å². The van der Waals surface area contributed by atoms with Crippen LogP contribution >= 0.6 is 0 Å². The van der Waals surface area contributed by atoms with Gasteiger partial charge in [0, 0.05) is 38.6 Å². The van der Waals surface area contributed by atoms with Crippen LogP contribution in [0.1, 0.15) is 18.4 Å². The summed E-state index contributed by atoms with van der Waals surface area (Å²) in [7, 11) is 0. The van der Waals surface area contributed by atoms with Gasteiger partial charge >= 0.3 is 0 Å². The minimum Gasteiger partial charge on any atom is -0.308 e. The van der Waals surface area contributed by atoms with Gasteiger partial charge in [0.1, 0.15) is 0 Å². The van der Waals surface area contributed by atoms with Gasteiger partial charge < -0.3 is 4.57 Å². The predicted molar refractivity (Wildman–Crippen MR) is 279 cm³/mol. The third-order valence-electron chi connectivity index (χ3n) is 12.9. The van der Waals surface area contributed by atoms with Gasteiger partial charge in [-0.05, 0) is 87.7 Å². The average Bonchev–Trinajstić information content (AvgIpc) is 3.75. The molecule has 67 heavy (non-hydrogen) atoms. The SMILES string of the molecule is C1=CC(c2ccc3c(c2)c2ccccc2n3-c2c(-c3ccccc3)cc(-c3nc(-c4ccc(-c5ccccc5)cc4)nc(-c4ccc(-c5ccccc5)cc4)n3)cc2-c2ccccc2)=CCC1. The van der Waals surface area contributed by atoms with Crippen LogP contribution in [-0.4, -0.2) is 19.5 Å². The molecule has 2 heterocycles. The number of hydrogen-bond donors (Lipinski definition) is 0. The molecule has 0 N–H and O–H groups in total. The number of para-hydroxylation sites is 1. The maximum absolute atomic E-state index is 5.34. The van der Waals surface area contributed by atoms with E-state index in [0.29, 0.717) is 17.5 Å². The van der Waals surface area contributed by atoms with Gasteiger partial charge in [-0.2, -0.15) is 0 Å². The molecule has 1 aliphatic carbocycles. The number of nitrogens with zero attached hydrogens (tertiary/aromatic N) is 4. The molecule has 4 heteroatoms. The van der Waals surface area contributed by atoms with Crippen molar-refractivity contribution in [2.24, 2.45) is 0 Å². The summed E-state index contributed by atoms with van der Waals surface area (Å²) in [6.45, 7) is 0. The van der Waals surface area contributed by atoms with E-state index in [1.807, 2.05) is 12.1 Å². The zero-order chi connectivity index (χ0) is 44.5. The van der Waals surface area contributed by atoms with Gasteiger partial charge in [0.2, 0.25) is 0 Å². The highest BCUT2D eigenvalue weighted by atomic mass is 15.0. The van der Waals surface area contributed by atoms with E-state index in [1.54, 1.807) is 0 Å². The molecule has 0 unspecified atom stereocenters. The van der Waals surface area contributed by atoms with Crippen molar-refractivity contribution in [2.45, 2.75) is 12.8 Å². The number of fused-ring (bicyclic) bond motifs is 3. The van der Waals surface area contributed by atoms with Crippen LogP contribution in [0.25, 0.3) is 112 Å². The Morgan fingerprint density at radius 3 is 1.24 bits per heavy atom. The van der Waals surface area contributed by atoms with Crippen LogP contribution in [0.15, 0.2) is 243 Å². The topological polar surface area (TPSA) is 43.6 Å². The summed E-state index contributed by atoms with van der Waals surface area (Å²) in [4.78, 5) is 15.9. The molecule has 4 nitrogen and oxygen atoms in total. The largest absolute Gasteiger partial charge is 0.308 e. The average molecular weight is 857 g/mol. The Bertz CT molecular complexity index is 3470. The quantitative estimate of drug-likeness (QED) is 0.145. The first kappa shape index (κ1) is 39.8. The second kappa shape index (κ2) is 17.3. The fourth-order valence-electron chi connectivity index (χ4n) is 9.55. The Kier molecular flexibility index (Phi) is 10.3. The summed E-state index contributed by atoms with van der Waals surface area (Å²) in [5.74, 6) is 1.82. The standard InChI is InChI=1S/C63H44N4/c1-6-18-43(19-7-1)46-30-34-50(35-31-46)61-64-62(51-36-32-47(33-37-51)44-20-8-2-9-21-44)66-63(65-61)53-41-55(48-24-12-4-13-25-48)60(56(42-53)49-26-14-5-15-27-49)67-58-29-17-16-28-54(58)57-40-52(38-39-59(57)67)45-22-10-3-11-23-45/h1-2,4-10,12-42H,3,11H2. The molecule has 0 atom stereocenters. The molecule has 0 amide bonds. The van der Waals surface area contributed by atoms with Gasteiger partial charge in [0.05, 0.1) is 16.7 Å². The summed E-state index contributed by atoms with van der Waals surface area (Å²) in [6.07, 6.45) is 9.05.